The predicted octanol–water partition coefficient (Wildman–Crippen LogP) is 2.14. The van der Waals surface area contributed by atoms with Crippen molar-refractivity contribution in [2.24, 2.45) is 17.3 Å². The predicted molar refractivity (Wildman–Crippen MR) is 53.8 cm³/mol. The molecule has 2 saturated carbocycles. The smallest absolute Gasteiger partial charge is 0.150 e. The largest absolute Gasteiger partial charge is 0.299 e. The Morgan fingerprint density at radius 3 is 2.71 bits per heavy atom. The van der Waals surface area contributed by atoms with E-state index in [1.165, 1.54) is 0 Å². The van der Waals surface area contributed by atoms with Crippen LogP contribution in [0.2, 0.25) is 0 Å². The molecule has 2 rings (SSSR count). The lowest BCUT2D eigenvalue weighted by molar-refractivity contribution is -0.137. The highest BCUT2D eigenvalue weighted by molar-refractivity contribution is 6.14. The summed E-state index contributed by atoms with van der Waals surface area (Å²) in [6.45, 7) is 7.69. The van der Waals surface area contributed by atoms with Crippen LogP contribution < -0.4 is 0 Å². The van der Waals surface area contributed by atoms with E-state index in [1.54, 1.807) is 0 Å². The van der Waals surface area contributed by atoms with Gasteiger partial charge in [0, 0.05) is 12.3 Å². The molecule has 2 aliphatic carbocycles. The van der Waals surface area contributed by atoms with Crippen LogP contribution in [-0.2, 0) is 9.59 Å². The first-order valence-electron chi connectivity index (χ1n) is 5.20. The second-order valence-corrected chi connectivity index (χ2v) is 4.92. The first-order chi connectivity index (χ1) is 6.47. The molecule has 0 N–H and O–H groups in total. The maximum Gasteiger partial charge on any atom is 0.150 e. The highest BCUT2D eigenvalue weighted by atomic mass is 16.2. The maximum atomic E-state index is 12.0. The summed E-state index contributed by atoms with van der Waals surface area (Å²) in [6, 6.07) is 0. The standard InChI is InChI=1S/C12H16O2/c1-7(2)8-4-5-12(3)10(13)6-9(8)11(12)14/h8-9H,1,4-6H2,2-3H3/t8?,9?,12-/m1/s1. The van der Waals surface area contributed by atoms with Gasteiger partial charge in [-0.25, -0.2) is 0 Å². The Morgan fingerprint density at radius 2 is 2.14 bits per heavy atom. The molecule has 76 valence electrons. The lowest BCUT2D eigenvalue weighted by Gasteiger charge is -2.32. The van der Waals surface area contributed by atoms with E-state index in [-0.39, 0.29) is 23.4 Å². The van der Waals surface area contributed by atoms with Gasteiger partial charge in [-0.2, -0.15) is 0 Å². The zero-order valence-electron chi connectivity index (χ0n) is 8.80. The maximum absolute atomic E-state index is 12.0. The minimum Gasteiger partial charge on any atom is -0.299 e. The molecule has 0 aromatic rings. The lowest BCUT2D eigenvalue weighted by Crippen LogP contribution is -2.37. The van der Waals surface area contributed by atoms with E-state index >= 15 is 0 Å². The Hall–Kier alpha value is -0.920. The van der Waals surface area contributed by atoms with Crippen LogP contribution in [0.15, 0.2) is 12.2 Å². The molecule has 0 aliphatic heterocycles. The van der Waals surface area contributed by atoms with Gasteiger partial charge < -0.3 is 0 Å². The summed E-state index contributed by atoms with van der Waals surface area (Å²) in [5.74, 6) is 0.513. The molecule has 14 heavy (non-hydrogen) atoms. The fraction of sp³-hybridized carbons (Fsp3) is 0.667. The van der Waals surface area contributed by atoms with Crippen molar-refractivity contribution >= 4 is 11.6 Å². The van der Waals surface area contributed by atoms with E-state index in [0.717, 1.165) is 18.4 Å². The number of allylic oxidation sites excluding steroid dienone is 1. The molecular weight excluding hydrogens is 176 g/mol. The van der Waals surface area contributed by atoms with Crippen LogP contribution in [0.3, 0.4) is 0 Å². The first-order valence-corrected chi connectivity index (χ1v) is 5.20. The van der Waals surface area contributed by atoms with Gasteiger partial charge in [0.1, 0.15) is 11.6 Å². The third-order valence-corrected chi connectivity index (χ3v) is 3.98. The summed E-state index contributed by atoms with van der Waals surface area (Å²) >= 11 is 0. The Balaban J connectivity index is 2.36. The monoisotopic (exact) mass is 192 g/mol. The number of hydrogen-bond acceptors (Lipinski definition) is 2. The molecule has 2 heteroatoms. The molecule has 0 saturated heterocycles. The van der Waals surface area contributed by atoms with Crippen molar-refractivity contribution in [2.75, 3.05) is 0 Å². The van der Waals surface area contributed by atoms with Crippen molar-refractivity contribution in [3.8, 4) is 0 Å². The highest BCUT2D eigenvalue weighted by Crippen LogP contribution is 2.50. The van der Waals surface area contributed by atoms with Crippen LogP contribution in [0.25, 0.3) is 0 Å². The second kappa shape index (κ2) is 2.78. The SMILES string of the molecule is C=C(C)C1CC[C@]2(C)C(=O)CC1C2=O. The van der Waals surface area contributed by atoms with E-state index in [0.29, 0.717) is 6.42 Å². The zero-order chi connectivity index (χ0) is 10.5. The van der Waals surface area contributed by atoms with E-state index in [4.69, 9.17) is 0 Å². The fourth-order valence-electron chi connectivity index (χ4n) is 2.89. The summed E-state index contributed by atoms with van der Waals surface area (Å²) in [6.07, 6.45) is 2.12. The Labute approximate surface area is 84.4 Å². The van der Waals surface area contributed by atoms with Gasteiger partial charge in [-0.05, 0) is 32.6 Å². The Bertz CT molecular complexity index is 329. The number of Topliss-reactive ketones (excluding diaryl/α,β-unsaturated/α-hetero) is 2. The minimum atomic E-state index is -0.642. The van der Waals surface area contributed by atoms with Crippen molar-refractivity contribution in [3.63, 3.8) is 0 Å². The van der Waals surface area contributed by atoms with Gasteiger partial charge in [0.05, 0.1) is 5.41 Å². The zero-order valence-corrected chi connectivity index (χ0v) is 8.80. The topological polar surface area (TPSA) is 34.1 Å². The van der Waals surface area contributed by atoms with Gasteiger partial charge in [-0.1, -0.05) is 12.2 Å². The molecular formula is C12H16O2. The van der Waals surface area contributed by atoms with Gasteiger partial charge >= 0.3 is 0 Å². The molecule has 2 unspecified atom stereocenters. The van der Waals surface area contributed by atoms with Crippen molar-refractivity contribution in [3.05, 3.63) is 12.2 Å². The van der Waals surface area contributed by atoms with Crippen LogP contribution in [0, 0.1) is 17.3 Å². The number of ketones is 2. The number of rotatable bonds is 1. The number of hydrogen-bond donors (Lipinski definition) is 0. The third kappa shape index (κ3) is 1.03. The Morgan fingerprint density at radius 1 is 1.50 bits per heavy atom. The van der Waals surface area contributed by atoms with Gasteiger partial charge in [0.25, 0.3) is 0 Å². The Kier molecular flexibility index (Phi) is 1.91. The molecule has 0 amide bonds. The van der Waals surface area contributed by atoms with E-state index in [2.05, 4.69) is 6.58 Å². The average molecular weight is 192 g/mol. The summed E-state index contributed by atoms with van der Waals surface area (Å²) in [5.41, 5.74) is 0.413. The molecule has 0 heterocycles. The summed E-state index contributed by atoms with van der Waals surface area (Å²) in [5, 5.41) is 0. The van der Waals surface area contributed by atoms with E-state index in [1.807, 2.05) is 13.8 Å². The molecule has 0 aromatic heterocycles. The molecule has 2 bridgehead atoms. The lowest BCUT2D eigenvalue weighted by atomic mass is 9.69. The van der Waals surface area contributed by atoms with Crippen molar-refractivity contribution < 1.29 is 9.59 Å². The van der Waals surface area contributed by atoms with Crippen molar-refractivity contribution in [2.45, 2.75) is 33.1 Å². The number of carbonyl (C=O) groups excluding carboxylic acids is 2. The van der Waals surface area contributed by atoms with Crippen LogP contribution in [-0.4, -0.2) is 11.6 Å². The first kappa shape index (κ1) is 9.63. The van der Waals surface area contributed by atoms with Crippen LogP contribution in [0.1, 0.15) is 33.1 Å². The summed E-state index contributed by atoms with van der Waals surface area (Å²) in [4.78, 5) is 23.7. The average Bonchev–Trinajstić information content (AvgIpc) is 2.28. The molecule has 0 radical (unpaired) electrons. The highest BCUT2D eigenvalue weighted by Gasteiger charge is 2.56. The van der Waals surface area contributed by atoms with Crippen LogP contribution >= 0.6 is 0 Å². The summed E-state index contributed by atoms with van der Waals surface area (Å²) < 4.78 is 0. The fourth-order valence-corrected chi connectivity index (χ4v) is 2.89. The van der Waals surface area contributed by atoms with E-state index < -0.39 is 5.41 Å². The quantitative estimate of drug-likeness (QED) is 0.471. The molecule has 0 spiro atoms. The van der Waals surface area contributed by atoms with Gasteiger partial charge in [0.15, 0.2) is 0 Å². The van der Waals surface area contributed by atoms with Gasteiger partial charge in [0.2, 0.25) is 0 Å². The van der Waals surface area contributed by atoms with Crippen molar-refractivity contribution in [1.82, 2.24) is 0 Å². The van der Waals surface area contributed by atoms with Crippen molar-refractivity contribution in [1.29, 1.82) is 0 Å². The molecule has 0 aromatic carbocycles. The normalized spacial score (nSPS) is 41.6. The third-order valence-electron chi connectivity index (χ3n) is 3.98. The van der Waals surface area contributed by atoms with E-state index in [9.17, 15) is 9.59 Å². The molecule has 2 fully saturated rings. The molecule has 2 nitrogen and oxygen atoms in total. The number of carbonyl (C=O) groups is 2. The van der Waals surface area contributed by atoms with Gasteiger partial charge in [-0.15, -0.1) is 0 Å². The minimum absolute atomic E-state index is 0.0567. The molecule has 3 atom stereocenters. The van der Waals surface area contributed by atoms with Crippen LogP contribution in [0.5, 0.6) is 0 Å². The van der Waals surface area contributed by atoms with Gasteiger partial charge in [-0.3, -0.25) is 9.59 Å². The second-order valence-electron chi connectivity index (χ2n) is 4.92. The van der Waals surface area contributed by atoms with Crippen LogP contribution in [0.4, 0.5) is 0 Å². The number of fused-ring (bicyclic) bond motifs is 2. The molecule has 2 aliphatic rings. The summed E-state index contributed by atoms with van der Waals surface area (Å²) in [7, 11) is 0.